The van der Waals surface area contributed by atoms with Gasteiger partial charge in [0.1, 0.15) is 0 Å². The number of nitrogens with one attached hydrogen (secondary N) is 1. The second kappa shape index (κ2) is 5.56. The minimum atomic E-state index is 0.186. The molecule has 1 heterocycles. The molecule has 1 aromatic carbocycles. The monoisotopic (exact) mass is 250 g/mol. The molecule has 1 aliphatic rings. The van der Waals surface area contributed by atoms with Gasteiger partial charge in [-0.3, -0.25) is 4.79 Å². The maximum Gasteiger partial charge on any atom is 0.228 e. The Morgan fingerprint density at radius 1 is 1.41 bits per heavy atom. The number of thioether (sulfide) groups is 1. The molecule has 0 spiro atoms. The second-order valence-electron chi connectivity index (χ2n) is 4.40. The van der Waals surface area contributed by atoms with Crippen molar-refractivity contribution in [1.29, 1.82) is 0 Å². The van der Waals surface area contributed by atoms with Crippen molar-refractivity contribution in [3.63, 3.8) is 0 Å². The van der Waals surface area contributed by atoms with Crippen LogP contribution in [0, 0.1) is 5.92 Å². The number of amides is 1. The van der Waals surface area contributed by atoms with Crippen LogP contribution in [0.15, 0.2) is 29.2 Å². The first-order valence-electron chi connectivity index (χ1n) is 5.79. The summed E-state index contributed by atoms with van der Waals surface area (Å²) in [6.45, 7) is 2.35. The zero-order chi connectivity index (χ0) is 12.3. The van der Waals surface area contributed by atoms with Gasteiger partial charge in [0.05, 0.1) is 5.92 Å². The molecule has 1 N–H and O–H groups in total. The minimum Gasteiger partial charge on any atom is -0.341 e. The van der Waals surface area contributed by atoms with Crippen molar-refractivity contribution < 1.29 is 4.79 Å². The summed E-state index contributed by atoms with van der Waals surface area (Å²) in [5.41, 5.74) is 1.19. The SMILES string of the molecule is CSc1ccc(CN(C)C(=O)C2CNC2)cc1. The van der Waals surface area contributed by atoms with Gasteiger partial charge in [0.25, 0.3) is 0 Å². The van der Waals surface area contributed by atoms with Crippen LogP contribution in [0.4, 0.5) is 0 Å². The molecule has 4 heteroatoms. The van der Waals surface area contributed by atoms with Gasteiger partial charge in [-0.15, -0.1) is 11.8 Å². The van der Waals surface area contributed by atoms with E-state index in [-0.39, 0.29) is 11.8 Å². The third kappa shape index (κ3) is 3.01. The van der Waals surface area contributed by atoms with Crippen LogP contribution in [0.5, 0.6) is 0 Å². The van der Waals surface area contributed by atoms with E-state index in [1.807, 2.05) is 11.9 Å². The van der Waals surface area contributed by atoms with Gasteiger partial charge in [-0.2, -0.15) is 0 Å². The van der Waals surface area contributed by atoms with Gasteiger partial charge in [-0.05, 0) is 24.0 Å². The number of rotatable bonds is 4. The molecule has 1 aliphatic heterocycles. The highest BCUT2D eigenvalue weighted by Gasteiger charge is 2.27. The van der Waals surface area contributed by atoms with Gasteiger partial charge in [0, 0.05) is 31.6 Å². The molecule has 3 nitrogen and oxygen atoms in total. The lowest BCUT2D eigenvalue weighted by Gasteiger charge is -2.30. The van der Waals surface area contributed by atoms with Gasteiger partial charge < -0.3 is 10.2 Å². The molecular weight excluding hydrogens is 232 g/mol. The first-order chi connectivity index (χ1) is 8.20. The van der Waals surface area contributed by atoms with Gasteiger partial charge in [-0.25, -0.2) is 0 Å². The molecule has 2 rings (SSSR count). The zero-order valence-electron chi connectivity index (χ0n) is 10.3. The summed E-state index contributed by atoms with van der Waals surface area (Å²) in [6.07, 6.45) is 2.06. The summed E-state index contributed by atoms with van der Waals surface area (Å²) in [7, 11) is 1.88. The molecule has 1 saturated heterocycles. The first-order valence-corrected chi connectivity index (χ1v) is 7.02. The van der Waals surface area contributed by atoms with Gasteiger partial charge in [-0.1, -0.05) is 12.1 Å². The van der Waals surface area contributed by atoms with E-state index >= 15 is 0 Å². The summed E-state index contributed by atoms with van der Waals surface area (Å²) in [6, 6.07) is 8.38. The Labute approximate surface area is 107 Å². The van der Waals surface area contributed by atoms with Crippen LogP contribution < -0.4 is 5.32 Å². The van der Waals surface area contributed by atoms with Crippen molar-refractivity contribution in [1.82, 2.24) is 10.2 Å². The zero-order valence-corrected chi connectivity index (χ0v) is 11.1. The number of carbonyl (C=O) groups is 1. The Morgan fingerprint density at radius 2 is 2.06 bits per heavy atom. The standard InChI is InChI=1S/C13H18N2OS/c1-15(13(16)11-7-14-8-11)9-10-3-5-12(17-2)6-4-10/h3-6,11,14H,7-9H2,1-2H3. The Hall–Kier alpha value is -1.00. The summed E-state index contributed by atoms with van der Waals surface area (Å²) in [5, 5.41) is 3.13. The molecule has 0 bridgehead atoms. The molecular formula is C13H18N2OS. The molecule has 0 unspecified atom stereocenters. The van der Waals surface area contributed by atoms with Crippen molar-refractivity contribution in [2.75, 3.05) is 26.4 Å². The fourth-order valence-corrected chi connectivity index (χ4v) is 2.27. The number of carbonyl (C=O) groups excluding carboxylic acids is 1. The molecule has 0 aromatic heterocycles. The van der Waals surface area contributed by atoms with Crippen molar-refractivity contribution in [2.24, 2.45) is 5.92 Å². The maximum atomic E-state index is 11.9. The van der Waals surface area contributed by atoms with Crippen LogP contribution >= 0.6 is 11.8 Å². The Balaban J connectivity index is 1.92. The van der Waals surface area contributed by atoms with E-state index in [1.54, 1.807) is 11.8 Å². The number of hydrogen-bond donors (Lipinski definition) is 1. The lowest BCUT2D eigenvalue weighted by atomic mass is 10.0. The Kier molecular flexibility index (Phi) is 4.07. The van der Waals surface area contributed by atoms with E-state index in [0.29, 0.717) is 6.54 Å². The van der Waals surface area contributed by atoms with E-state index in [0.717, 1.165) is 13.1 Å². The average molecular weight is 250 g/mol. The lowest BCUT2D eigenvalue weighted by Crippen LogP contribution is -2.50. The summed E-state index contributed by atoms with van der Waals surface area (Å²) in [4.78, 5) is 15.0. The molecule has 0 aliphatic carbocycles. The Bertz CT molecular complexity index is 387. The van der Waals surface area contributed by atoms with Gasteiger partial charge in [0.2, 0.25) is 5.91 Å². The predicted octanol–water partition coefficient (Wildman–Crippen LogP) is 1.59. The highest BCUT2D eigenvalue weighted by atomic mass is 32.2. The average Bonchev–Trinajstić information content (AvgIpc) is 2.27. The maximum absolute atomic E-state index is 11.9. The van der Waals surface area contributed by atoms with Crippen molar-refractivity contribution in [3.05, 3.63) is 29.8 Å². The van der Waals surface area contributed by atoms with Gasteiger partial charge in [0.15, 0.2) is 0 Å². The molecule has 0 atom stereocenters. The van der Waals surface area contributed by atoms with Crippen LogP contribution in [-0.4, -0.2) is 37.2 Å². The van der Waals surface area contributed by atoms with E-state index in [9.17, 15) is 4.79 Å². The van der Waals surface area contributed by atoms with Crippen molar-refractivity contribution >= 4 is 17.7 Å². The fraction of sp³-hybridized carbons (Fsp3) is 0.462. The molecule has 1 amide bonds. The topological polar surface area (TPSA) is 32.3 Å². The third-order valence-electron chi connectivity index (χ3n) is 3.09. The van der Waals surface area contributed by atoms with Crippen molar-refractivity contribution in [3.8, 4) is 0 Å². The van der Waals surface area contributed by atoms with E-state index in [4.69, 9.17) is 0 Å². The molecule has 1 aromatic rings. The minimum absolute atomic E-state index is 0.186. The smallest absolute Gasteiger partial charge is 0.228 e. The summed E-state index contributed by atoms with van der Waals surface area (Å²) >= 11 is 1.73. The van der Waals surface area contributed by atoms with Crippen LogP contribution in [0.25, 0.3) is 0 Å². The van der Waals surface area contributed by atoms with Crippen LogP contribution in [0.2, 0.25) is 0 Å². The quantitative estimate of drug-likeness (QED) is 0.824. The highest BCUT2D eigenvalue weighted by molar-refractivity contribution is 7.98. The first kappa shape index (κ1) is 12.5. The van der Waals surface area contributed by atoms with Crippen molar-refractivity contribution in [2.45, 2.75) is 11.4 Å². The van der Waals surface area contributed by atoms with E-state index in [2.05, 4.69) is 35.8 Å². The largest absolute Gasteiger partial charge is 0.341 e. The summed E-state index contributed by atoms with van der Waals surface area (Å²) < 4.78 is 0. The van der Waals surface area contributed by atoms with Crippen LogP contribution in [-0.2, 0) is 11.3 Å². The second-order valence-corrected chi connectivity index (χ2v) is 5.28. The molecule has 0 radical (unpaired) electrons. The Morgan fingerprint density at radius 3 is 2.53 bits per heavy atom. The highest BCUT2D eigenvalue weighted by Crippen LogP contribution is 2.16. The number of nitrogens with zero attached hydrogens (tertiary/aromatic N) is 1. The van der Waals surface area contributed by atoms with E-state index in [1.165, 1.54) is 10.5 Å². The van der Waals surface area contributed by atoms with Crippen LogP contribution in [0.1, 0.15) is 5.56 Å². The molecule has 1 fully saturated rings. The normalized spacial score (nSPS) is 15.4. The summed E-state index contributed by atoms with van der Waals surface area (Å²) in [5.74, 6) is 0.433. The third-order valence-corrected chi connectivity index (χ3v) is 3.83. The fourth-order valence-electron chi connectivity index (χ4n) is 1.86. The van der Waals surface area contributed by atoms with E-state index < -0.39 is 0 Å². The number of hydrogen-bond acceptors (Lipinski definition) is 3. The molecule has 17 heavy (non-hydrogen) atoms. The van der Waals surface area contributed by atoms with Crippen LogP contribution in [0.3, 0.4) is 0 Å². The number of benzene rings is 1. The lowest BCUT2D eigenvalue weighted by molar-refractivity contribution is -0.136. The molecule has 92 valence electrons. The molecule has 0 saturated carbocycles. The predicted molar refractivity (Wildman–Crippen MR) is 71.1 cm³/mol. The van der Waals surface area contributed by atoms with Gasteiger partial charge >= 0.3 is 0 Å².